The van der Waals surface area contributed by atoms with Crippen LogP contribution < -0.4 is 10.6 Å². The van der Waals surface area contributed by atoms with Crippen LogP contribution in [0.5, 0.6) is 0 Å². The van der Waals surface area contributed by atoms with Gasteiger partial charge in [0.25, 0.3) is 0 Å². The number of nitrogens with zero attached hydrogens (tertiary/aromatic N) is 2. The molecule has 2 rings (SSSR count). The maximum Gasteiger partial charge on any atom is 0.239 e. The van der Waals surface area contributed by atoms with Gasteiger partial charge in [-0.2, -0.15) is 5.10 Å². The number of hydrogen-bond acceptors (Lipinski definition) is 4. The van der Waals surface area contributed by atoms with Crippen molar-refractivity contribution in [3.8, 4) is 0 Å². The average Bonchev–Trinajstić information content (AvgIpc) is 2.98. The van der Waals surface area contributed by atoms with Crippen molar-refractivity contribution in [1.82, 2.24) is 15.1 Å². The van der Waals surface area contributed by atoms with Crippen LogP contribution in [0.25, 0.3) is 0 Å². The molecular weight excluding hydrogens is 280 g/mol. The Kier molecular flexibility index (Phi) is 6.60. The topological polar surface area (TPSA) is 68.2 Å². The van der Waals surface area contributed by atoms with Crippen molar-refractivity contribution in [2.75, 3.05) is 32.1 Å². The average molecular weight is 302 g/mol. The molecule has 6 heteroatoms. The third-order valence-electron chi connectivity index (χ3n) is 3.21. The second-order valence-corrected chi connectivity index (χ2v) is 4.89. The van der Waals surface area contributed by atoms with Gasteiger partial charge in [0.15, 0.2) is 0 Å². The Morgan fingerprint density at radius 3 is 2.86 bits per heavy atom. The Morgan fingerprint density at radius 2 is 2.09 bits per heavy atom. The zero-order valence-electron chi connectivity index (χ0n) is 12.8. The third-order valence-corrected chi connectivity index (χ3v) is 3.21. The van der Waals surface area contributed by atoms with Crippen LogP contribution in [-0.2, 0) is 22.5 Å². The molecule has 1 aromatic carbocycles. The number of rotatable bonds is 9. The van der Waals surface area contributed by atoms with Crippen LogP contribution in [0.15, 0.2) is 42.6 Å². The summed E-state index contributed by atoms with van der Waals surface area (Å²) in [6.45, 7) is 2.22. The summed E-state index contributed by atoms with van der Waals surface area (Å²) in [4.78, 5) is 11.8. The quantitative estimate of drug-likeness (QED) is 0.685. The van der Waals surface area contributed by atoms with Gasteiger partial charge in [0.1, 0.15) is 5.82 Å². The second kappa shape index (κ2) is 8.96. The summed E-state index contributed by atoms with van der Waals surface area (Å²) in [5, 5.41) is 10.1. The number of aryl methyl sites for hydroxylation is 2. The summed E-state index contributed by atoms with van der Waals surface area (Å²) in [5.74, 6) is 0.632. The summed E-state index contributed by atoms with van der Waals surface area (Å²) in [5.41, 5.74) is 1.25. The fourth-order valence-electron chi connectivity index (χ4n) is 2.06. The lowest BCUT2D eigenvalue weighted by molar-refractivity contribution is -0.115. The number of carbonyl (C=O) groups is 1. The van der Waals surface area contributed by atoms with Crippen molar-refractivity contribution in [1.29, 1.82) is 0 Å². The molecule has 1 amide bonds. The number of nitrogens with one attached hydrogen (secondary N) is 2. The van der Waals surface area contributed by atoms with Crippen LogP contribution in [0.1, 0.15) is 5.56 Å². The van der Waals surface area contributed by atoms with Gasteiger partial charge in [-0.3, -0.25) is 4.79 Å². The van der Waals surface area contributed by atoms with E-state index in [1.165, 1.54) is 5.56 Å². The number of benzene rings is 1. The normalized spacial score (nSPS) is 10.6. The second-order valence-electron chi connectivity index (χ2n) is 4.89. The molecule has 0 spiro atoms. The van der Waals surface area contributed by atoms with Crippen LogP contribution in [0.2, 0.25) is 0 Å². The Morgan fingerprint density at radius 1 is 1.27 bits per heavy atom. The Hall–Kier alpha value is -2.18. The first-order chi connectivity index (χ1) is 10.8. The molecule has 1 aromatic heterocycles. The largest absolute Gasteiger partial charge is 0.383 e. The molecular formula is C16H22N4O2. The minimum absolute atomic E-state index is 0.0856. The fourth-order valence-corrected chi connectivity index (χ4v) is 2.06. The summed E-state index contributed by atoms with van der Waals surface area (Å²) < 4.78 is 6.72. The van der Waals surface area contributed by atoms with Crippen molar-refractivity contribution in [3.05, 3.63) is 48.2 Å². The molecule has 6 nitrogen and oxygen atoms in total. The van der Waals surface area contributed by atoms with Crippen LogP contribution in [0.4, 0.5) is 5.82 Å². The number of methoxy groups -OCH3 is 1. The summed E-state index contributed by atoms with van der Waals surface area (Å²) >= 11 is 0. The van der Waals surface area contributed by atoms with Crippen molar-refractivity contribution >= 4 is 11.7 Å². The minimum Gasteiger partial charge on any atom is -0.383 e. The van der Waals surface area contributed by atoms with Gasteiger partial charge >= 0.3 is 0 Å². The van der Waals surface area contributed by atoms with Gasteiger partial charge in [0.05, 0.1) is 19.3 Å². The van der Waals surface area contributed by atoms with Crippen molar-refractivity contribution in [2.45, 2.75) is 13.0 Å². The van der Waals surface area contributed by atoms with Crippen molar-refractivity contribution < 1.29 is 9.53 Å². The van der Waals surface area contributed by atoms with E-state index < -0.39 is 0 Å². The van der Waals surface area contributed by atoms with Crippen LogP contribution in [0, 0.1) is 0 Å². The summed E-state index contributed by atoms with van der Waals surface area (Å²) in [7, 11) is 1.63. The molecule has 2 aromatic rings. The highest BCUT2D eigenvalue weighted by Crippen LogP contribution is 2.08. The van der Waals surface area contributed by atoms with Gasteiger partial charge < -0.3 is 15.4 Å². The number of anilines is 1. The van der Waals surface area contributed by atoms with Crippen LogP contribution >= 0.6 is 0 Å². The molecule has 0 aliphatic carbocycles. The standard InChI is InChI=1S/C16H22N4O2/c1-22-12-10-17-13-16(21)19-15-7-9-18-20(15)11-8-14-5-3-2-4-6-14/h2-7,9,17H,8,10-13H2,1H3,(H,19,21). The molecule has 0 saturated heterocycles. The molecule has 1 heterocycles. The van der Waals surface area contributed by atoms with Crippen molar-refractivity contribution in [3.63, 3.8) is 0 Å². The predicted molar refractivity (Wildman–Crippen MR) is 85.7 cm³/mol. The first-order valence-corrected chi connectivity index (χ1v) is 7.35. The van der Waals surface area contributed by atoms with Gasteiger partial charge in [-0.15, -0.1) is 0 Å². The van der Waals surface area contributed by atoms with Gasteiger partial charge in [0, 0.05) is 26.3 Å². The number of amides is 1. The molecule has 22 heavy (non-hydrogen) atoms. The Balaban J connectivity index is 1.80. The Bertz CT molecular complexity index is 569. The van der Waals surface area contributed by atoms with Gasteiger partial charge in [-0.1, -0.05) is 30.3 Å². The first-order valence-electron chi connectivity index (χ1n) is 7.35. The molecule has 0 aliphatic heterocycles. The lowest BCUT2D eigenvalue weighted by Gasteiger charge is -2.09. The van der Waals surface area contributed by atoms with E-state index in [1.54, 1.807) is 24.1 Å². The van der Waals surface area contributed by atoms with E-state index in [0.717, 1.165) is 18.8 Å². The lowest BCUT2D eigenvalue weighted by Crippen LogP contribution is -2.31. The molecule has 118 valence electrons. The SMILES string of the molecule is COCCNCC(=O)Nc1ccnn1CCc1ccccc1. The maximum atomic E-state index is 11.8. The van der Waals surface area contributed by atoms with E-state index in [2.05, 4.69) is 27.9 Å². The zero-order valence-corrected chi connectivity index (χ0v) is 12.8. The number of hydrogen-bond donors (Lipinski definition) is 2. The van der Waals surface area contributed by atoms with E-state index >= 15 is 0 Å². The van der Waals surface area contributed by atoms with Gasteiger partial charge in [-0.25, -0.2) is 4.68 Å². The summed E-state index contributed by atoms with van der Waals surface area (Å²) in [6.07, 6.45) is 2.57. The molecule has 0 saturated carbocycles. The highest BCUT2D eigenvalue weighted by molar-refractivity contribution is 5.91. The van der Waals surface area contributed by atoms with Crippen molar-refractivity contribution in [2.24, 2.45) is 0 Å². The lowest BCUT2D eigenvalue weighted by atomic mass is 10.1. The monoisotopic (exact) mass is 302 g/mol. The van der Waals surface area contributed by atoms with E-state index in [0.29, 0.717) is 13.2 Å². The summed E-state index contributed by atoms with van der Waals surface area (Å²) in [6, 6.07) is 12.0. The van der Waals surface area contributed by atoms with Crippen LogP contribution in [0.3, 0.4) is 0 Å². The van der Waals surface area contributed by atoms with E-state index in [-0.39, 0.29) is 12.5 Å². The van der Waals surface area contributed by atoms with E-state index in [4.69, 9.17) is 4.74 Å². The molecule has 0 unspecified atom stereocenters. The van der Waals surface area contributed by atoms with E-state index in [1.807, 2.05) is 18.2 Å². The van der Waals surface area contributed by atoms with E-state index in [9.17, 15) is 4.79 Å². The zero-order chi connectivity index (χ0) is 15.6. The highest BCUT2D eigenvalue weighted by atomic mass is 16.5. The van der Waals surface area contributed by atoms with Crippen LogP contribution in [-0.4, -0.2) is 42.5 Å². The predicted octanol–water partition coefficient (Wildman–Crippen LogP) is 1.30. The first kappa shape index (κ1) is 16.2. The number of carbonyl (C=O) groups excluding carboxylic acids is 1. The maximum absolute atomic E-state index is 11.8. The molecule has 0 fully saturated rings. The van der Waals surface area contributed by atoms with Gasteiger partial charge in [0.2, 0.25) is 5.91 Å². The van der Waals surface area contributed by atoms with Gasteiger partial charge in [-0.05, 0) is 12.0 Å². The molecule has 0 aliphatic rings. The Labute approximate surface area is 130 Å². The molecule has 0 radical (unpaired) electrons. The minimum atomic E-state index is -0.0856. The molecule has 0 bridgehead atoms. The third kappa shape index (κ3) is 5.31. The number of ether oxygens (including phenoxy) is 1. The molecule has 0 atom stereocenters. The fraction of sp³-hybridized carbons (Fsp3) is 0.375. The molecule has 2 N–H and O–H groups in total. The highest BCUT2D eigenvalue weighted by Gasteiger charge is 2.07. The number of aromatic nitrogens is 2. The smallest absolute Gasteiger partial charge is 0.239 e.